The molecule has 0 spiro atoms. The number of pyridine rings is 1. The topological polar surface area (TPSA) is 48.5 Å². The van der Waals surface area contributed by atoms with Crippen LogP contribution < -0.4 is 10.2 Å². The Bertz CT molecular complexity index is 935. The van der Waals surface area contributed by atoms with Gasteiger partial charge in [-0.3, -0.25) is 9.78 Å². The van der Waals surface area contributed by atoms with E-state index in [0.29, 0.717) is 18.0 Å². The lowest BCUT2D eigenvalue weighted by atomic mass is 9.94. The molecule has 0 radical (unpaired) electrons. The fourth-order valence-corrected chi connectivity index (χ4v) is 5.22. The maximum absolute atomic E-state index is 14.1. The first-order valence-corrected chi connectivity index (χ1v) is 11.5. The van der Waals surface area contributed by atoms with Crippen LogP contribution in [0.5, 0.6) is 0 Å². The number of anilines is 1. The van der Waals surface area contributed by atoms with Crippen LogP contribution >= 0.6 is 22.6 Å². The van der Waals surface area contributed by atoms with Crippen molar-refractivity contribution < 1.29 is 13.6 Å². The second kappa shape index (κ2) is 8.53. The Morgan fingerprint density at radius 1 is 1.27 bits per heavy atom. The summed E-state index contributed by atoms with van der Waals surface area (Å²) in [5, 5.41) is 3.98. The third-order valence-electron chi connectivity index (χ3n) is 6.16. The molecule has 1 unspecified atom stereocenters. The van der Waals surface area contributed by atoms with Crippen LogP contribution in [0, 0.1) is 11.8 Å². The molecule has 2 aromatic rings. The van der Waals surface area contributed by atoms with Crippen molar-refractivity contribution in [1.82, 2.24) is 15.2 Å². The highest BCUT2D eigenvalue weighted by Crippen LogP contribution is 2.41. The number of nitrogens with one attached hydrogen (secondary N) is 1. The van der Waals surface area contributed by atoms with Crippen LogP contribution in [0.1, 0.15) is 25.3 Å². The molecule has 0 aliphatic carbocycles. The van der Waals surface area contributed by atoms with Gasteiger partial charge in [0.15, 0.2) is 0 Å². The number of nitrogens with zero attached hydrogens (tertiary/aromatic N) is 3. The smallest absolute Gasteiger partial charge is 0.323 e. The molecule has 2 aliphatic heterocycles. The molecule has 2 saturated heterocycles. The number of carbonyl (C=O) groups is 1. The lowest BCUT2D eigenvalue weighted by Crippen LogP contribution is -2.51. The molecule has 162 valence electrons. The Morgan fingerprint density at radius 3 is 2.77 bits per heavy atom. The minimum atomic E-state index is -2.98. The maximum Gasteiger partial charge on any atom is 0.323 e. The van der Waals surface area contributed by atoms with Crippen LogP contribution in [0.2, 0.25) is 0 Å². The van der Waals surface area contributed by atoms with Gasteiger partial charge in [0, 0.05) is 65.5 Å². The Kier molecular flexibility index (Phi) is 6.16. The predicted molar refractivity (Wildman–Crippen MR) is 123 cm³/mol. The average Bonchev–Trinajstić information content (AvgIpc) is 3.12. The highest BCUT2D eigenvalue weighted by Gasteiger charge is 2.33. The number of alkyl halides is 3. The lowest BCUT2D eigenvalue weighted by Gasteiger charge is -2.39. The molecular formula is C22H27F2IN4O. The van der Waals surface area contributed by atoms with Crippen molar-refractivity contribution >= 4 is 45.1 Å². The maximum atomic E-state index is 14.1. The lowest BCUT2D eigenvalue weighted by molar-refractivity contribution is -0.125. The molecule has 1 N–H and O–H groups in total. The Morgan fingerprint density at radius 2 is 2.07 bits per heavy atom. The van der Waals surface area contributed by atoms with Gasteiger partial charge in [0.2, 0.25) is 5.91 Å². The van der Waals surface area contributed by atoms with E-state index in [1.807, 2.05) is 13.1 Å². The summed E-state index contributed by atoms with van der Waals surface area (Å²) >= 11 is 1.16. The summed E-state index contributed by atoms with van der Waals surface area (Å²) in [5.74, 6) is 0.563. The molecule has 30 heavy (non-hydrogen) atoms. The van der Waals surface area contributed by atoms with Gasteiger partial charge in [-0.1, -0.05) is 6.92 Å². The average molecular weight is 528 g/mol. The summed E-state index contributed by atoms with van der Waals surface area (Å²) in [4.78, 5) is 21.4. The van der Waals surface area contributed by atoms with Crippen LogP contribution in [-0.4, -0.2) is 55.1 Å². The van der Waals surface area contributed by atoms with Gasteiger partial charge in [-0.15, -0.1) is 0 Å². The molecule has 2 fully saturated rings. The number of piperidine rings is 1. The number of rotatable bonds is 4. The van der Waals surface area contributed by atoms with E-state index in [9.17, 15) is 13.6 Å². The van der Waals surface area contributed by atoms with Crippen molar-refractivity contribution in [2.24, 2.45) is 11.8 Å². The Hall–Kier alpha value is -1.55. The van der Waals surface area contributed by atoms with Gasteiger partial charge < -0.3 is 15.1 Å². The fourth-order valence-electron chi connectivity index (χ4n) is 4.78. The molecule has 0 bridgehead atoms. The number of hydrogen-bond acceptors (Lipinski definition) is 4. The van der Waals surface area contributed by atoms with Gasteiger partial charge >= 0.3 is 3.93 Å². The van der Waals surface area contributed by atoms with Gasteiger partial charge in [-0.25, -0.2) is 0 Å². The molecule has 3 heterocycles. The number of aromatic nitrogens is 1. The van der Waals surface area contributed by atoms with Crippen molar-refractivity contribution in [2.45, 2.75) is 29.7 Å². The quantitative estimate of drug-likeness (QED) is 0.482. The van der Waals surface area contributed by atoms with Crippen molar-refractivity contribution in [1.29, 1.82) is 0 Å². The normalized spacial score (nSPS) is 25.6. The van der Waals surface area contributed by atoms with Crippen molar-refractivity contribution in [2.75, 3.05) is 38.1 Å². The van der Waals surface area contributed by atoms with Gasteiger partial charge in [0.25, 0.3) is 0 Å². The molecule has 1 amide bonds. The van der Waals surface area contributed by atoms with Gasteiger partial charge in [0.05, 0.1) is 17.0 Å². The predicted octanol–water partition coefficient (Wildman–Crippen LogP) is 4.00. The minimum Gasteiger partial charge on any atom is -0.369 e. The SMILES string of the molecule is C[C@H]1C[C@@H](NC(=O)C2CCN(C)C2)CN(c2ccc(C(F)(F)I)c3ncccc23)C1. The minimum absolute atomic E-state index is 0.0459. The first kappa shape index (κ1) is 21.7. The van der Waals surface area contributed by atoms with E-state index < -0.39 is 3.93 Å². The number of halogens is 3. The number of benzene rings is 1. The fraction of sp³-hybridized carbons (Fsp3) is 0.545. The second-order valence-corrected chi connectivity index (χ2v) is 10.1. The molecule has 5 nitrogen and oxygen atoms in total. The van der Waals surface area contributed by atoms with Crippen LogP contribution in [0.15, 0.2) is 30.5 Å². The second-order valence-electron chi connectivity index (χ2n) is 8.73. The number of hydrogen-bond donors (Lipinski definition) is 1. The zero-order valence-corrected chi connectivity index (χ0v) is 19.4. The number of fused-ring (bicyclic) bond motifs is 1. The summed E-state index contributed by atoms with van der Waals surface area (Å²) < 4.78 is 25.2. The van der Waals surface area contributed by atoms with E-state index in [-0.39, 0.29) is 23.4 Å². The largest absolute Gasteiger partial charge is 0.369 e. The van der Waals surface area contributed by atoms with E-state index in [1.165, 1.54) is 6.07 Å². The van der Waals surface area contributed by atoms with Crippen molar-refractivity contribution in [3.63, 3.8) is 0 Å². The molecular weight excluding hydrogens is 501 g/mol. The van der Waals surface area contributed by atoms with Crippen molar-refractivity contribution in [3.8, 4) is 0 Å². The van der Waals surface area contributed by atoms with Crippen LogP contribution in [0.25, 0.3) is 10.9 Å². The first-order chi connectivity index (χ1) is 14.2. The van der Waals surface area contributed by atoms with Gasteiger partial charge in [0.1, 0.15) is 0 Å². The van der Waals surface area contributed by atoms with Crippen LogP contribution in [-0.2, 0) is 8.72 Å². The third kappa shape index (κ3) is 4.54. The van der Waals surface area contributed by atoms with Crippen molar-refractivity contribution in [3.05, 3.63) is 36.0 Å². The molecule has 0 saturated carbocycles. The monoisotopic (exact) mass is 528 g/mol. The third-order valence-corrected chi connectivity index (χ3v) is 6.74. The molecule has 8 heteroatoms. The van der Waals surface area contributed by atoms with Gasteiger partial charge in [-0.2, -0.15) is 8.78 Å². The standard InChI is InChI=1S/C22H27F2IN4O/c1-14-10-16(27-21(30)15-7-9-28(2)12-15)13-29(11-14)19-6-5-18(22(23,24)25)20-17(19)4-3-8-26-20/h3-6,8,14-16H,7,9-13H2,1-2H3,(H,27,30)/t14-,15?,16+/m0/s1. The molecule has 2 aliphatic rings. The number of carbonyl (C=O) groups excluding carboxylic acids is 1. The highest BCUT2D eigenvalue weighted by molar-refractivity contribution is 14.1. The number of likely N-dealkylation sites (tertiary alicyclic amines) is 1. The summed E-state index contributed by atoms with van der Waals surface area (Å²) in [5.41, 5.74) is 1.17. The van der Waals surface area contributed by atoms with Crippen LogP contribution in [0.4, 0.5) is 14.5 Å². The zero-order chi connectivity index (χ0) is 21.5. The molecule has 4 rings (SSSR count). The molecule has 3 atom stereocenters. The van der Waals surface area contributed by atoms with E-state index in [2.05, 4.69) is 27.0 Å². The molecule has 1 aromatic heterocycles. The molecule has 1 aromatic carbocycles. The highest BCUT2D eigenvalue weighted by atomic mass is 127. The Balaban J connectivity index is 1.58. The zero-order valence-electron chi connectivity index (χ0n) is 17.2. The van der Waals surface area contributed by atoms with Crippen LogP contribution in [0.3, 0.4) is 0 Å². The van der Waals surface area contributed by atoms with Gasteiger partial charge in [-0.05, 0) is 56.6 Å². The summed E-state index contributed by atoms with van der Waals surface area (Å²) in [6.45, 7) is 5.42. The van der Waals surface area contributed by atoms with E-state index in [1.54, 1.807) is 18.3 Å². The van der Waals surface area contributed by atoms with E-state index in [4.69, 9.17) is 0 Å². The summed E-state index contributed by atoms with van der Waals surface area (Å²) in [6, 6.07) is 6.94. The van der Waals surface area contributed by atoms with E-state index in [0.717, 1.165) is 66.1 Å². The summed E-state index contributed by atoms with van der Waals surface area (Å²) in [7, 11) is 2.04. The summed E-state index contributed by atoms with van der Waals surface area (Å²) in [6.07, 6.45) is 3.37. The first-order valence-electron chi connectivity index (χ1n) is 10.4. The number of amides is 1. The Labute approximate surface area is 189 Å². The van der Waals surface area contributed by atoms with E-state index >= 15 is 0 Å².